The molecule has 0 fully saturated rings. The average Bonchev–Trinajstić information content (AvgIpc) is 2.02. The Morgan fingerprint density at radius 2 is 2.07 bits per heavy atom. The molecule has 0 spiro atoms. The van der Waals surface area contributed by atoms with Crippen molar-refractivity contribution in [2.24, 2.45) is 0 Å². The topological polar surface area (TPSA) is 80.7 Å². The molecule has 0 saturated carbocycles. The average molecular weight is 246 g/mol. The van der Waals surface area contributed by atoms with Crippen LogP contribution in [-0.2, 0) is 19.6 Å². The predicted octanol–water partition coefficient (Wildman–Crippen LogP) is -2.11. The molecule has 0 amide bonds. The summed E-state index contributed by atoms with van der Waals surface area (Å²) in [5.41, 5.74) is 0.190. The van der Waals surface area contributed by atoms with E-state index in [2.05, 4.69) is 11.3 Å². The van der Waals surface area contributed by atoms with Crippen molar-refractivity contribution in [1.29, 1.82) is 0 Å². The molecule has 1 N–H and O–H groups in total. The van der Waals surface area contributed by atoms with Gasteiger partial charge in [-0.3, -0.25) is 4.55 Å². The number of carbonyl (C=O) groups excluding carboxylic acids is 1. The van der Waals surface area contributed by atoms with Crippen molar-refractivity contribution in [3.63, 3.8) is 0 Å². The number of carbonyl (C=O) groups is 1. The van der Waals surface area contributed by atoms with Crippen molar-refractivity contribution in [2.45, 2.75) is 25.5 Å². The number of rotatable bonds is 5. The Morgan fingerprint density at radius 1 is 1.60 bits per heavy atom. The standard InChI is InChI=1S/C8H14O5S.Na.H/c1-4-7(14(10,11)12)5-13-8(9)6(2)3;;/h7H,2,4-5H2,1,3H3,(H,10,11,12);;/q;+1;-1. The third-order valence-corrected chi connectivity index (χ3v) is 2.94. The van der Waals surface area contributed by atoms with Crippen molar-refractivity contribution >= 4 is 16.1 Å². The van der Waals surface area contributed by atoms with E-state index in [4.69, 9.17) is 4.55 Å². The number of esters is 1. The molecule has 0 aromatic carbocycles. The number of hydrogen-bond acceptors (Lipinski definition) is 4. The van der Waals surface area contributed by atoms with Gasteiger partial charge in [-0.1, -0.05) is 13.5 Å². The molecule has 1 atom stereocenters. The summed E-state index contributed by atoms with van der Waals surface area (Å²) in [7, 11) is -4.14. The molecule has 0 aliphatic rings. The zero-order chi connectivity index (χ0) is 11.4. The van der Waals surface area contributed by atoms with Gasteiger partial charge in [-0.05, 0) is 13.3 Å². The molecule has 0 radical (unpaired) electrons. The minimum Gasteiger partial charge on any atom is -1.00 e. The van der Waals surface area contributed by atoms with Crippen LogP contribution < -0.4 is 29.6 Å². The first-order valence-corrected chi connectivity index (χ1v) is 5.58. The summed E-state index contributed by atoms with van der Waals surface area (Å²) in [6, 6.07) is 0. The summed E-state index contributed by atoms with van der Waals surface area (Å²) in [6.45, 7) is 6.02. The molecule has 0 bridgehead atoms. The van der Waals surface area contributed by atoms with Crippen LogP contribution in [0.2, 0.25) is 0 Å². The Bertz CT molecular complexity index is 327. The second kappa shape index (κ2) is 7.40. The first-order chi connectivity index (χ1) is 6.29. The van der Waals surface area contributed by atoms with Crippen molar-refractivity contribution in [3.05, 3.63) is 12.2 Å². The minimum atomic E-state index is -4.14. The maximum atomic E-state index is 10.9. The largest absolute Gasteiger partial charge is 1.00 e. The molecule has 1 unspecified atom stereocenters. The second-order valence-corrected chi connectivity index (χ2v) is 4.62. The summed E-state index contributed by atoms with van der Waals surface area (Å²) in [5, 5.41) is -1.06. The van der Waals surface area contributed by atoms with Crippen LogP contribution >= 0.6 is 0 Å². The van der Waals surface area contributed by atoms with Gasteiger partial charge in [0.05, 0.1) is 0 Å². The van der Waals surface area contributed by atoms with Gasteiger partial charge in [0, 0.05) is 5.57 Å². The normalized spacial score (nSPS) is 12.5. The Morgan fingerprint density at radius 3 is 2.33 bits per heavy atom. The summed E-state index contributed by atoms with van der Waals surface area (Å²) >= 11 is 0. The molecule has 0 aliphatic heterocycles. The van der Waals surface area contributed by atoms with Gasteiger partial charge in [-0.25, -0.2) is 4.79 Å². The molecule has 84 valence electrons. The molecule has 0 aromatic rings. The van der Waals surface area contributed by atoms with Crippen molar-refractivity contribution in [2.75, 3.05) is 6.61 Å². The Kier molecular flexibility index (Phi) is 8.64. The first-order valence-electron chi connectivity index (χ1n) is 4.08. The van der Waals surface area contributed by atoms with E-state index in [0.29, 0.717) is 0 Å². The fourth-order valence-corrected chi connectivity index (χ4v) is 1.37. The molecule has 0 aromatic heterocycles. The van der Waals surface area contributed by atoms with E-state index >= 15 is 0 Å². The van der Waals surface area contributed by atoms with E-state index in [9.17, 15) is 13.2 Å². The van der Waals surface area contributed by atoms with Crippen LogP contribution in [0.1, 0.15) is 21.7 Å². The zero-order valence-corrected chi connectivity index (χ0v) is 12.0. The van der Waals surface area contributed by atoms with Gasteiger partial charge in [0.15, 0.2) is 0 Å². The monoisotopic (exact) mass is 246 g/mol. The first kappa shape index (κ1) is 17.5. The molecule has 7 heteroatoms. The van der Waals surface area contributed by atoms with Gasteiger partial charge in [0.25, 0.3) is 10.1 Å². The summed E-state index contributed by atoms with van der Waals surface area (Å²) in [5.74, 6) is -0.660. The number of ether oxygens (including phenoxy) is 1. The van der Waals surface area contributed by atoms with Gasteiger partial charge >= 0.3 is 35.5 Å². The van der Waals surface area contributed by atoms with E-state index < -0.39 is 21.3 Å². The van der Waals surface area contributed by atoms with E-state index in [1.807, 2.05) is 0 Å². The third kappa shape index (κ3) is 7.08. The van der Waals surface area contributed by atoms with Gasteiger partial charge in [0.2, 0.25) is 0 Å². The molecule has 0 heterocycles. The molecule has 0 aliphatic carbocycles. The smallest absolute Gasteiger partial charge is 1.00 e. The Balaban J connectivity index is -0.000000845. The maximum absolute atomic E-state index is 10.9. The fourth-order valence-electron chi connectivity index (χ4n) is 0.706. The summed E-state index contributed by atoms with van der Waals surface area (Å²) in [6.07, 6.45) is 0.183. The predicted molar refractivity (Wildman–Crippen MR) is 52.5 cm³/mol. The molecule has 5 nitrogen and oxygen atoms in total. The third-order valence-electron chi connectivity index (χ3n) is 1.63. The Labute approximate surface area is 113 Å². The van der Waals surface area contributed by atoms with Crippen LogP contribution in [0.25, 0.3) is 0 Å². The van der Waals surface area contributed by atoms with E-state index in [1.54, 1.807) is 6.92 Å². The van der Waals surface area contributed by atoms with Gasteiger partial charge < -0.3 is 6.16 Å². The number of hydrogen-bond donors (Lipinski definition) is 1. The van der Waals surface area contributed by atoms with Crippen LogP contribution in [0.15, 0.2) is 12.2 Å². The zero-order valence-electron chi connectivity index (χ0n) is 10.2. The van der Waals surface area contributed by atoms with Gasteiger partial charge in [-0.15, -0.1) is 0 Å². The quantitative estimate of drug-likeness (QED) is 0.260. The van der Waals surface area contributed by atoms with Crippen LogP contribution in [0, 0.1) is 0 Å². The van der Waals surface area contributed by atoms with Crippen LogP contribution in [0.3, 0.4) is 0 Å². The maximum Gasteiger partial charge on any atom is 1.00 e. The van der Waals surface area contributed by atoms with E-state index in [1.165, 1.54) is 6.92 Å². The van der Waals surface area contributed by atoms with Gasteiger partial charge in [-0.2, -0.15) is 8.42 Å². The molecular formula is C8H15NaO5S. The minimum absolute atomic E-state index is 0. The van der Waals surface area contributed by atoms with Crippen LogP contribution in [0.4, 0.5) is 0 Å². The van der Waals surface area contributed by atoms with Gasteiger partial charge in [0.1, 0.15) is 11.9 Å². The van der Waals surface area contributed by atoms with Crippen molar-refractivity contribution in [3.8, 4) is 0 Å². The van der Waals surface area contributed by atoms with Crippen molar-refractivity contribution in [1.82, 2.24) is 0 Å². The molecular weight excluding hydrogens is 231 g/mol. The second-order valence-electron chi connectivity index (χ2n) is 2.92. The van der Waals surface area contributed by atoms with Crippen LogP contribution in [0.5, 0.6) is 0 Å². The van der Waals surface area contributed by atoms with E-state index in [-0.39, 0.29) is 49.6 Å². The fraction of sp³-hybridized carbons (Fsp3) is 0.625. The van der Waals surface area contributed by atoms with Crippen molar-refractivity contribution < 1.29 is 53.5 Å². The van der Waals surface area contributed by atoms with Crippen LogP contribution in [-0.4, -0.2) is 30.8 Å². The summed E-state index contributed by atoms with van der Waals surface area (Å²) in [4.78, 5) is 10.9. The SMILES string of the molecule is C=C(C)C(=O)OCC(CC)S(=O)(=O)O.[H-].[Na+]. The summed E-state index contributed by atoms with van der Waals surface area (Å²) < 4.78 is 34.7. The Hall–Kier alpha value is 0.120. The molecule has 15 heavy (non-hydrogen) atoms. The molecule has 0 saturated heterocycles. The molecule has 0 rings (SSSR count). The van der Waals surface area contributed by atoms with E-state index in [0.717, 1.165) is 0 Å².